The number of carbonyl (C=O) groups excluding carboxylic acids is 5. The molecule has 1 saturated heterocycles. The third kappa shape index (κ3) is 52.3. The number of benzene rings is 1. The number of hydrogen-bond donors (Lipinski definition) is 3. The third-order valence-electron chi connectivity index (χ3n) is 15.8. The number of amides is 3. The minimum absolute atomic E-state index is 0.0470. The minimum Gasteiger partial charge on any atom is -0.481 e. The number of imide groups is 1. The van der Waals surface area contributed by atoms with Crippen molar-refractivity contribution in [2.24, 2.45) is 5.41 Å². The van der Waals surface area contributed by atoms with E-state index in [0.29, 0.717) is 183 Å². The zero-order valence-electron chi connectivity index (χ0n) is 58.1. The summed E-state index contributed by atoms with van der Waals surface area (Å²) in [5.41, 5.74) is -0.473. The average Bonchev–Trinajstić information content (AvgIpc) is 1.11. The standard InChI is InChI=1S/C71H122N2O23/c74-64-32-33-65(75)73(64)96-68(79)34-38-83-40-42-85-44-46-87-48-50-89-52-54-91-56-58-93-60-61-94-59-57-92-55-53-90-51-49-88-47-45-86-43-41-84-39-37-72-69(80)71(70(81)82,35-26-19-15-11-7-3-1-5-9-13-17-24-30-66(76)77)36-27-20-16-12-8-4-2-6-10-14-18-25-31-67(78)95-62-63-28-22-21-23-29-63/h21-23,28-29H,1-20,24-27,30-62H2,(H,72,80)(H,76,77)(H,81,82). The zero-order chi connectivity index (χ0) is 69.1. The Morgan fingerprint density at radius 1 is 0.365 bits per heavy atom. The number of carboxylic acid groups (broad SMARTS) is 2. The van der Waals surface area contributed by atoms with Gasteiger partial charge in [0.2, 0.25) is 5.91 Å². The molecule has 0 saturated carbocycles. The van der Waals surface area contributed by atoms with Crippen LogP contribution >= 0.6 is 0 Å². The maximum Gasteiger partial charge on any atom is 0.335 e. The molecule has 3 N–H and O–H groups in total. The first-order chi connectivity index (χ1) is 47.0. The highest BCUT2D eigenvalue weighted by Crippen LogP contribution is 2.33. The molecule has 1 heterocycles. The molecule has 0 aromatic heterocycles. The summed E-state index contributed by atoms with van der Waals surface area (Å²) in [6.45, 7) is 9.76. The maximum atomic E-state index is 13.8. The Kier molecular flexibility index (Phi) is 59.0. The second-order valence-electron chi connectivity index (χ2n) is 23.8. The molecule has 1 aromatic carbocycles. The van der Waals surface area contributed by atoms with Crippen LogP contribution in [0.2, 0.25) is 0 Å². The first-order valence-corrected chi connectivity index (χ1v) is 36.0. The van der Waals surface area contributed by atoms with Crippen molar-refractivity contribution in [2.75, 3.05) is 165 Å². The van der Waals surface area contributed by atoms with E-state index in [9.17, 15) is 38.7 Å². The van der Waals surface area contributed by atoms with E-state index in [1.54, 1.807) is 0 Å². The lowest BCUT2D eigenvalue weighted by Crippen LogP contribution is -2.47. The van der Waals surface area contributed by atoms with Crippen LogP contribution < -0.4 is 5.32 Å². The van der Waals surface area contributed by atoms with Gasteiger partial charge in [0.25, 0.3) is 11.8 Å². The fourth-order valence-corrected chi connectivity index (χ4v) is 10.3. The molecule has 25 nitrogen and oxygen atoms in total. The van der Waals surface area contributed by atoms with Gasteiger partial charge in [0.15, 0.2) is 0 Å². The number of rotatable bonds is 74. The fraction of sp³-hybridized carbons (Fsp3) is 0.817. The van der Waals surface area contributed by atoms with Gasteiger partial charge in [-0.25, -0.2) is 4.79 Å². The third-order valence-corrected chi connectivity index (χ3v) is 15.8. The van der Waals surface area contributed by atoms with E-state index >= 15 is 0 Å². The maximum absolute atomic E-state index is 13.8. The Labute approximate surface area is 572 Å². The van der Waals surface area contributed by atoms with Gasteiger partial charge in [0, 0.05) is 32.2 Å². The van der Waals surface area contributed by atoms with Gasteiger partial charge in [-0.3, -0.25) is 28.8 Å². The number of nitrogens with zero attached hydrogens (tertiary/aromatic N) is 1. The van der Waals surface area contributed by atoms with Crippen molar-refractivity contribution < 1.29 is 110 Å². The van der Waals surface area contributed by atoms with E-state index < -0.39 is 41.0 Å². The van der Waals surface area contributed by atoms with Crippen molar-refractivity contribution in [2.45, 2.75) is 206 Å². The highest BCUT2D eigenvalue weighted by molar-refractivity contribution is 6.02. The Balaban J connectivity index is 1.40. The van der Waals surface area contributed by atoms with Gasteiger partial charge in [0.05, 0.1) is 165 Å². The van der Waals surface area contributed by atoms with Crippen LogP contribution in [-0.2, 0) is 107 Å². The molecule has 3 amide bonds. The van der Waals surface area contributed by atoms with Crippen molar-refractivity contribution in [3.63, 3.8) is 0 Å². The summed E-state index contributed by atoms with van der Waals surface area (Å²) in [6, 6.07) is 9.73. The van der Waals surface area contributed by atoms with Gasteiger partial charge in [-0.2, -0.15) is 0 Å². The van der Waals surface area contributed by atoms with E-state index in [2.05, 4.69) is 5.32 Å². The number of unbranched alkanes of at least 4 members (excludes halogenated alkanes) is 22. The number of hydroxylamine groups is 2. The molecule has 25 heteroatoms. The second kappa shape index (κ2) is 64.9. The van der Waals surface area contributed by atoms with Crippen LogP contribution in [0, 0.1) is 5.41 Å². The van der Waals surface area contributed by atoms with Crippen LogP contribution in [0.3, 0.4) is 0 Å². The molecule has 1 aliphatic rings. The molecular formula is C71H122N2O23. The number of carbonyl (C=O) groups is 7. The summed E-state index contributed by atoms with van der Waals surface area (Å²) in [5.74, 6) is -4.09. The first-order valence-electron chi connectivity index (χ1n) is 36.0. The molecular weight excluding hydrogens is 1250 g/mol. The summed E-state index contributed by atoms with van der Waals surface area (Å²) in [4.78, 5) is 89.0. The summed E-state index contributed by atoms with van der Waals surface area (Å²) < 4.78 is 71.6. The van der Waals surface area contributed by atoms with Gasteiger partial charge in [-0.15, -0.1) is 5.06 Å². The van der Waals surface area contributed by atoms with Crippen molar-refractivity contribution >= 4 is 41.6 Å². The number of carboxylic acids is 2. The predicted molar refractivity (Wildman–Crippen MR) is 358 cm³/mol. The Morgan fingerprint density at radius 2 is 0.667 bits per heavy atom. The predicted octanol–water partition coefficient (Wildman–Crippen LogP) is 10.1. The molecule has 2 rings (SSSR count). The highest BCUT2D eigenvalue weighted by atomic mass is 16.7. The number of nitrogens with one attached hydrogen (secondary N) is 1. The van der Waals surface area contributed by atoms with E-state index in [4.69, 9.17) is 71.5 Å². The molecule has 1 aliphatic heterocycles. The molecule has 0 bridgehead atoms. The summed E-state index contributed by atoms with van der Waals surface area (Å²) in [7, 11) is 0. The first kappa shape index (κ1) is 87.3. The van der Waals surface area contributed by atoms with Crippen LogP contribution in [0.5, 0.6) is 0 Å². The topological polar surface area (TPSA) is 304 Å². The molecule has 1 atom stereocenters. The SMILES string of the molecule is O=C(O)CCCCCCCCCCCCCCC(CCCCCCCCCCCCCCC(=O)OCc1ccccc1)(C(=O)O)C(=O)NCCOCCOCCOCCOCCOCCOCCOCCOCCOCCOCCOCCOCCC(=O)ON1C(=O)CCC1=O. The normalized spacial score (nSPS) is 13.0. The van der Waals surface area contributed by atoms with Crippen molar-refractivity contribution in [3.8, 4) is 0 Å². The van der Waals surface area contributed by atoms with Gasteiger partial charge >= 0.3 is 23.9 Å². The Bertz CT molecular complexity index is 2040. The van der Waals surface area contributed by atoms with Gasteiger partial charge in [-0.05, 0) is 31.2 Å². The summed E-state index contributed by atoms with van der Waals surface area (Å²) in [5, 5.41) is 22.9. The van der Waals surface area contributed by atoms with E-state index in [1.807, 2.05) is 30.3 Å². The van der Waals surface area contributed by atoms with Crippen LogP contribution in [-0.4, -0.2) is 222 Å². The molecule has 554 valence electrons. The molecule has 0 radical (unpaired) electrons. The van der Waals surface area contributed by atoms with Gasteiger partial charge in [-0.1, -0.05) is 172 Å². The quantitative estimate of drug-likeness (QED) is 0.0236. The highest BCUT2D eigenvalue weighted by Gasteiger charge is 2.45. The van der Waals surface area contributed by atoms with Crippen LogP contribution in [0.15, 0.2) is 30.3 Å². The van der Waals surface area contributed by atoms with Gasteiger partial charge < -0.3 is 81.9 Å². The zero-order valence-corrected chi connectivity index (χ0v) is 58.1. The molecule has 0 spiro atoms. The minimum atomic E-state index is -1.47. The second-order valence-corrected chi connectivity index (χ2v) is 23.8. The largest absolute Gasteiger partial charge is 0.481 e. The van der Waals surface area contributed by atoms with Crippen LogP contribution in [0.25, 0.3) is 0 Å². The van der Waals surface area contributed by atoms with E-state index in [1.165, 1.54) is 38.5 Å². The number of aliphatic carboxylic acids is 2. The number of esters is 1. The molecule has 1 unspecified atom stereocenters. The van der Waals surface area contributed by atoms with Crippen molar-refractivity contribution in [1.82, 2.24) is 10.4 Å². The summed E-state index contributed by atoms with van der Waals surface area (Å²) in [6.07, 6.45) is 26.2. The van der Waals surface area contributed by atoms with Crippen LogP contribution in [0.1, 0.15) is 205 Å². The lowest BCUT2D eigenvalue weighted by Gasteiger charge is -2.28. The monoisotopic (exact) mass is 1370 g/mol. The smallest absolute Gasteiger partial charge is 0.335 e. The number of ether oxygens (including phenoxy) is 13. The fourth-order valence-electron chi connectivity index (χ4n) is 10.3. The number of hydrogen-bond acceptors (Lipinski definition) is 21. The lowest BCUT2D eigenvalue weighted by molar-refractivity contribution is -0.198. The molecule has 96 heavy (non-hydrogen) atoms. The Morgan fingerprint density at radius 3 is 1.00 bits per heavy atom. The summed E-state index contributed by atoms with van der Waals surface area (Å²) >= 11 is 0. The molecule has 1 aromatic rings. The Hall–Kier alpha value is -4.77. The molecule has 1 fully saturated rings. The van der Waals surface area contributed by atoms with Crippen molar-refractivity contribution in [1.29, 1.82) is 0 Å². The van der Waals surface area contributed by atoms with Crippen molar-refractivity contribution in [3.05, 3.63) is 35.9 Å². The average molecular weight is 1370 g/mol. The van der Waals surface area contributed by atoms with Crippen LogP contribution in [0.4, 0.5) is 0 Å². The van der Waals surface area contributed by atoms with E-state index in [0.717, 1.165) is 108 Å². The van der Waals surface area contributed by atoms with Gasteiger partial charge in [0.1, 0.15) is 12.0 Å². The van der Waals surface area contributed by atoms with E-state index in [-0.39, 0.29) is 58.0 Å². The lowest BCUT2D eigenvalue weighted by atomic mass is 9.76. The molecule has 0 aliphatic carbocycles.